The maximum atomic E-state index is 11.7. The van der Waals surface area contributed by atoms with E-state index in [0.29, 0.717) is 5.92 Å². The molecule has 2 N–H and O–H groups in total. The Hall–Kier alpha value is -0.830. The number of amides is 1. The summed E-state index contributed by atoms with van der Waals surface area (Å²) < 4.78 is 0. The van der Waals surface area contributed by atoms with Crippen molar-refractivity contribution < 1.29 is 9.90 Å². The number of hydrogen-bond acceptors (Lipinski definition) is 2. The lowest BCUT2D eigenvalue weighted by Gasteiger charge is -2.25. The molecule has 0 aromatic carbocycles. The molecule has 0 saturated heterocycles. The van der Waals surface area contributed by atoms with E-state index >= 15 is 0 Å². The van der Waals surface area contributed by atoms with E-state index in [1.807, 2.05) is 6.08 Å². The SMILES string of the molecule is O=C(NCC1CCCC(O)C1)C1=CCCC1. The number of aliphatic hydroxyl groups is 1. The van der Waals surface area contributed by atoms with Gasteiger partial charge < -0.3 is 10.4 Å². The summed E-state index contributed by atoms with van der Waals surface area (Å²) >= 11 is 0. The molecule has 0 spiro atoms. The molecule has 0 radical (unpaired) electrons. The van der Waals surface area contributed by atoms with Gasteiger partial charge in [-0.1, -0.05) is 12.5 Å². The molecule has 0 aliphatic heterocycles. The van der Waals surface area contributed by atoms with Gasteiger partial charge in [0.15, 0.2) is 0 Å². The van der Waals surface area contributed by atoms with Crippen molar-refractivity contribution in [3.63, 3.8) is 0 Å². The largest absolute Gasteiger partial charge is 0.393 e. The molecule has 2 unspecified atom stereocenters. The summed E-state index contributed by atoms with van der Waals surface area (Å²) in [6.45, 7) is 0.729. The molecule has 16 heavy (non-hydrogen) atoms. The quantitative estimate of drug-likeness (QED) is 0.766. The monoisotopic (exact) mass is 223 g/mol. The fourth-order valence-corrected chi connectivity index (χ4v) is 2.68. The van der Waals surface area contributed by atoms with E-state index in [1.165, 1.54) is 0 Å². The number of allylic oxidation sites excluding steroid dienone is 1. The van der Waals surface area contributed by atoms with Crippen LogP contribution in [0, 0.1) is 5.92 Å². The smallest absolute Gasteiger partial charge is 0.246 e. The van der Waals surface area contributed by atoms with Crippen molar-refractivity contribution >= 4 is 5.91 Å². The molecule has 1 amide bonds. The highest BCUT2D eigenvalue weighted by atomic mass is 16.3. The van der Waals surface area contributed by atoms with Crippen LogP contribution >= 0.6 is 0 Å². The first-order valence-corrected chi connectivity index (χ1v) is 6.41. The Morgan fingerprint density at radius 3 is 3.00 bits per heavy atom. The predicted molar refractivity (Wildman–Crippen MR) is 62.9 cm³/mol. The molecule has 90 valence electrons. The lowest BCUT2D eigenvalue weighted by Crippen LogP contribution is -2.33. The van der Waals surface area contributed by atoms with Crippen molar-refractivity contribution in [1.82, 2.24) is 5.32 Å². The standard InChI is InChI=1S/C13H21NO2/c15-12-7-3-4-10(8-12)9-14-13(16)11-5-1-2-6-11/h5,10,12,15H,1-4,6-9H2,(H,14,16). The second-order valence-corrected chi connectivity index (χ2v) is 5.02. The number of rotatable bonds is 3. The minimum absolute atomic E-state index is 0.109. The Morgan fingerprint density at radius 1 is 1.44 bits per heavy atom. The average Bonchev–Trinajstić information content (AvgIpc) is 2.79. The van der Waals surface area contributed by atoms with Gasteiger partial charge in [0, 0.05) is 12.1 Å². The van der Waals surface area contributed by atoms with Gasteiger partial charge >= 0.3 is 0 Å². The maximum Gasteiger partial charge on any atom is 0.246 e. The highest BCUT2D eigenvalue weighted by molar-refractivity contribution is 5.93. The van der Waals surface area contributed by atoms with Crippen LogP contribution in [-0.4, -0.2) is 23.7 Å². The van der Waals surface area contributed by atoms with Crippen LogP contribution in [0.25, 0.3) is 0 Å². The van der Waals surface area contributed by atoms with Gasteiger partial charge in [-0.2, -0.15) is 0 Å². The molecular formula is C13H21NO2. The fourth-order valence-electron chi connectivity index (χ4n) is 2.68. The summed E-state index contributed by atoms with van der Waals surface area (Å²) in [6.07, 6.45) is 8.98. The number of hydrogen-bond donors (Lipinski definition) is 2. The van der Waals surface area contributed by atoms with Crippen molar-refractivity contribution in [3.05, 3.63) is 11.6 Å². The van der Waals surface area contributed by atoms with Crippen LogP contribution in [0.1, 0.15) is 44.9 Å². The van der Waals surface area contributed by atoms with Crippen LogP contribution < -0.4 is 5.32 Å². The summed E-state index contributed by atoms with van der Waals surface area (Å²) in [5, 5.41) is 12.5. The highest BCUT2D eigenvalue weighted by Crippen LogP contribution is 2.24. The minimum atomic E-state index is -0.152. The summed E-state index contributed by atoms with van der Waals surface area (Å²) in [5.74, 6) is 0.576. The highest BCUT2D eigenvalue weighted by Gasteiger charge is 2.21. The van der Waals surface area contributed by atoms with Crippen LogP contribution in [0.15, 0.2) is 11.6 Å². The van der Waals surface area contributed by atoms with Gasteiger partial charge in [0.1, 0.15) is 0 Å². The van der Waals surface area contributed by atoms with Crippen LogP contribution in [0.3, 0.4) is 0 Å². The third kappa shape index (κ3) is 3.08. The van der Waals surface area contributed by atoms with E-state index < -0.39 is 0 Å². The molecule has 2 aliphatic carbocycles. The van der Waals surface area contributed by atoms with Crippen molar-refractivity contribution in [1.29, 1.82) is 0 Å². The minimum Gasteiger partial charge on any atom is -0.393 e. The molecule has 1 fully saturated rings. The number of carbonyl (C=O) groups excluding carboxylic acids is 1. The molecule has 0 aromatic rings. The van der Waals surface area contributed by atoms with Gasteiger partial charge in [-0.3, -0.25) is 4.79 Å². The second-order valence-electron chi connectivity index (χ2n) is 5.02. The lowest BCUT2D eigenvalue weighted by atomic mass is 9.87. The van der Waals surface area contributed by atoms with E-state index in [9.17, 15) is 9.90 Å². The van der Waals surface area contributed by atoms with Gasteiger partial charge in [0.25, 0.3) is 0 Å². The second kappa shape index (κ2) is 5.48. The van der Waals surface area contributed by atoms with E-state index in [-0.39, 0.29) is 12.0 Å². The molecule has 3 heteroatoms. The average molecular weight is 223 g/mol. The Labute approximate surface area is 96.9 Å². The first kappa shape index (κ1) is 11.6. The van der Waals surface area contributed by atoms with Crippen LogP contribution in [0.2, 0.25) is 0 Å². The summed E-state index contributed by atoms with van der Waals surface area (Å²) in [7, 11) is 0. The van der Waals surface area contributed by atoms with Gasteiger partial charge in [-0.15, -0.1) is 0 Å². The molecule has 2 atom stereocenters. The fraction of sp³-hybridized carbons (Fsp3) is 0.769. The van der Waals surface area contributed by atoms with Crippen molar-refractivity contribution in [2.45, 2.75) is 51.0 Å². The first-order valence-electron chi connectivity index (χ1n) is 6.41. The molecule has 0 aromatic heterocycles. The topological polar surface area (TPSA) is 49.3 Å². The lowest BCUT2D eigenvalue weighted by molar-refractivity contribution is -0.117. The normalized spacial score (nSPS) is 29.9. The van der Waals surface area contributed by atoms with E-state index in [2.05, 4.69) is 5.32 Å². The zero-order valence-corrected chi connectivity index (χ0v) is 9.74. The van der Waals surface area contributed by atoms with E-state index in [1.54, 1.807) is 0 Å². The van der Waals surface area contributed by atoms with Gasteiger partial charge in [0.05, 0.1) is 6.10 Å². The molecule has 1 saturated carbocycles. The van der Waals surface area contributed by atoms with Gasteiger partial charge in [0.2, 0.25) is 5.91 Å². The Bertz CT molecular complexity index is 286. The molecule has 3 nitrogen and oxygen atoms in total. The summed E-state index contributed by atoms with van der Waals surface area (Å²) in [5.41, 5.74) is 0.955. The molecule has 2 aliphatic rings. The number of carbonyl (C=O) groups is 1. The zero-order valence-electron chi connectivity index (χ0n) is 9.74. The molecule has 2 rings (SSSR count). The van der Waals surface area contributed by atoms with Crippen LogP contribution in [0.4, 0.5) is 0 Å². The van der Waals surface area contributed by atoms with Crippen LogP contribution in [0.5, 0.6) is 0 Å². The third-order valence-corrected chi connectivity index (χ3v) is 3.64. The van der Waals surface area contributed by atoms with Crippen molar-refractivity contribution in [2.24, 2.45) is 5.92 Å². The molecule has 0 bridgehead atoms. The number of aliphatic hydroxyl groups excluding tert-OH is 1. The molecular weight excluding hydrogens is 202 g/mol. The first-order chi connectivity index (χ1) is 7.75. The third-order valence-electron chi connectivity index (χ3n) is 3.64. The summed E-state index contributed by atoms with van der Waals surface area (Å²) in [4.78, 5) is 11.7. The Morgan fingerprint density at radius 2 is 2.31 bits per heavy atom. The van der Waals surface area contributed by atoms with E-state index in [0.717, 1.165) is 57.1 Å². The van der Waals surface area contributed by atoms with Crippen molar-refractivity contribution in [2.75, 3.05) is 6.54 Å². The Balaban J connectivity index is 1.72. The van der Waals surface area contributed by atoms with Crippen LogP contribution in [-0.2, 0) is 4.79 Å². The number of nitrogens with one attached hydrogen (secondary N) is 1. The predicted octanol–water partition coefficient (Wildman–Crippen LogP) is 1.76. The van der Waals surface area contributed by atoms with E-state index in [4.69, 9.17) is 0 Å². The molecule has 0 heterocycles. The Kier molecular flexibility index (Phi) is 3.99. The zero-order chi connectivity index (χ0) is 11.4. The van der Waals surface area contributed by atoms with Gasteiger partial charge in [-0.05, 0) is 44.4 Å². The van der Waals surface area contributed by atoms with Gasteiger partial charge in [-0.25, -0.2) is 0 Å². The summed E-state index contributed by atoms with van der Waals surface area (Å²) in [6, 6.07) is 0. The maximum absolute atomic E-state index is 11.7. The van der Waals surface area contributed by atoms with Crippen molar-refractivity contribution in [3.8, 4) is 0 Å².